The van der Waals surface area contributed by atoms with Crippen molar-refractivity contribution in [1.29, 1.82) is 0 Å². The highest BCUT2D eigenvalue weighted by Gasteiger charge is 2.44. The highest BCUT2D eigenvalue weighted by molar-refractivity contribution is 5.77. The van der Waals surface area contributed by atoms with Crippen LogP contribution >= 0.6 is 0 Å². The molecule has 0 saturated heterocycles. The number of benzene rings is 1. The molecule has 0 spiro atoms. The third kappa shape index (κ3) is 2.42. The maximum absolute atomic E-state index is 11.8. The molecule has 5 nitrogen and oxygen atoms in total. The number of rotatable bonds is 3. The average molecular weight is 312 g/mol. The SMILES string of the molecule is CN(C)c1ccc2c(n1)Oc1ccccc1[C@@H]2C(C)(C)C(=O)O. The zero-order valence-corrected chi connectivity index (χ0v) is 13.7. The molecule has 0 radical (unpaired) electrons. The number of carboxylic acid groups (broad SMARTS) is 1. The van der Waals surface area contributed by atoms with Gasteiger partial charge in [0.25, 0.3) is 0 Å². The Labute approximate surface area is 135 Å². The van der Waals surface area contributed by atoms with E-state index < -0.39 is 11.4 Å². The van der Waals surface area contributed by atoms with Gasteiger partial charge >= 0.3 is 5.97 Å². The minimum atomic E-state index is -0.976. The first kappa shape index (κ1) is 15.3. The predicted octanol–water partition coefficient (Wildman–Crippen LogP) is 3.50. The third-order valence-electron chi connectivity index (χ3n) is 4.35. The number of pyridine rings is 1. The Morgan fingerprint density at radius 2 is 1.87 bits per heavy atom. The molecular weight excluding hydrogens is 292 g/mol. The van der Waals surface area contributed by atoms with Gasteiger partial charge in [-0.3, -0.25) is 4.79 Å². The van der Waals surface area contributed by atoms with E-state index in [2.05, 4.69) is 4.98 Å². The molecular formula is C18H20N2O3. The fraction of sp³-hybridized carbons (Fsp3) is 0.333. The van der Waals surface area contributed by atoms with Crippen molar-refractivity contribution < 1.29 is 14.6 Å². The van der Waals surface area contributed by atoms with E-state index in [4.69, 9.17) is 4.74 Å². The summed E-state index contributed by atoms with van der Waals surface area (Å²) in [7, 11) is 3.81. The fourth-order valence-corrected chi connectivity index (χ4v) is 2.98. The maximum Gasteiger partial charge on any atom is 0.310 e. The number of hydrogen-bond donors (Lipinski definition) is 1. The van der Waals surface area contributed by atoms with Gasteiger partial charge in [0.2, 0.25) is 5.88 Å². The molecule has 0 unspecified atom stereocenters. The minimum Gasteiger partial charge on any atom is -0.481 e. The first-order chi connectivity index (χ1) is 10.8. The normalized spacial score (nSPS) is 16.1. The van der Waals surface area contributed by atoms with Crippen molar-refractivity contribution in [1.82, 2.24) is 4.98 Å². The van der Waals surface area contributed by atoms with E-state index in [1.807, 2.05) is 55.4 Å². The molecule has 0 amide bonds. The lowest BCUT2D eigenvalue weighted by Gasteiger charge is -2.36. The van der Waals surface area contributed by atoms with E-state index in [9.17, 15) is 9.90 Å². The second kappa shape index (κ2) is 5.26. The first-order valence-electron chi connectivity index (χ1n) is 7.51. The smallest absolute Gasteiger partial charge is 0.310 e. The second-order valence-corrected chi connectivity index (χ2v) is 6.56. The summed E-state index contributed by atoms with van der Waals surface area (Å²) in [6.45, 7) is 3.48. The summed E-state index contributed by atoms with van der Waals surface area (Å²) in [6.07, 6.45) is 0. The van der Waals surface area contributed by atoms with Crippen molar-refractivity contribution in [2.45, 2.75) is 19.8 Å². The van der Waals surface area contributed by atoms with Crippen molar-refractivity contribution >= 4 is 11.8 Å². The van der Waals surface area contributed by atoms with Crippen LogP contribution in [0, 0.1) is 5.41 Å². The van der Waals surface area contributed by atoms with Crippen LogP contribution in [-0.2, 0) is 4.79 Å². The summed E-state index contributed by atoms with van der Waals surface area (Å²) in [5.74, 6) is 0.762. The molecule has 0 aliphatic carbocycles. The lowest BCUT2D eigenvalue weighted by Crippen LogP contribution is -2.34. The Kier molecular flexibility index (Phi) is 3.51. The van der Waals surface area contributed by atoms with Crippen LogP contribution in [0.5, 0.6) is 11.6 Å². The number of anilines is 1. The van der Waals surface area contributed by atoms with Crippen molar-refractivity contribution in [3.63, 3.8) is 0 Å². The summed E-state index contributed by atoms with van der Waals surface area (Å²) in [4.78, 5) is 18.3. The lowest BCUT2D eigenvalue weighted by atomic mass is 9.70. The number of fused-ring (bicyclic) bond motifs is 2. The van der Waals surface area contributed by atoms with Gasteiger partial charge in [-0.05, 0) is 32.0 Å². The molecule has 0 fully saturated rings. The quantitative estimate of drug-likeness (QED) is 0.940. The van der Waals surface area contributed by atoms with Crippen LogP contribution in [0.2, 0.25) is 0 Å². The molecule has 1 aliphatic rings. The van der Waals surface area contributed by atoms with E-state index in [1.54, 1.807) is 13.8 Å². The van der Waals surface area contributed by atoms with E-state index in [-0.39, 0.29) is 5.92 Å². The Hall–Kier alpha value is -2.56. The predicted molar refractivity (Wildman–Crippen MR) is 88.3 cm³/mol. The number of aliphatic carboxylic acids is 1. The monoisotopic (exact) mass is 312 g/mol. The second-order valence-electron chi connectivity index (χ2n) is 6.56. The molecule has 0 bridgehead atoms. The highest BCUT2D eigenvalue weighted by Crippen LogP contribution is 2.51. The maximum atomic E-state index is 11.8. The number of ether oxygens (including phenoxy) is 1. The summed E-state index contributed by atoms with van der Waals surface area (Å²) < 4.78 is 5.94. The lowest BCUT2D eigenvalue weighted by molar-refractivity contribution is -0.147. The van der Waals surface area contributed by atoms with E-state index >= 15 is 0 Å². The zero-order chi connectivity index (χ0) is 16.8. The van der Waals surface area contributed by atoms with Gasteiger partial charge in [-0.15, -0.1) is 0 Å². The Morgan fingerprint density at radius 3 is 2.52 bits per heavy atom. The van der Waals surface area contributed by atoms with Gasteiger partial charge in [0.1, 0.15) is 11.6 Å². The molecule has 120 valence electrons. The molecule has 1 N–H and O–H groups in total. The average Bonchev–Trinajstić information content (AvgIpc) is 2.51. The van der Waals surface area contributed by atoms with Crippen LogP contribution in [0.1, 0.15) is 30.9 Å². The highest BCUT2D eigenvalue weighted by atomic mass is 16.5. The van der Waals surface area contributed by atoms with Gasteiger partial charge in [0.15, 0.2) is 0 Å². The van der Waals surface area contributed by atoms with Crippen molar-refractivity contribution in [2.24, 2.45) is 5.41 Å². The number of aromatic nitrogens is 1. The summed E-state index contributed by atoms with van der Waals surface area (Å²) in [5.41, 5.74) is 0.712. The molecule has 5 heteroatoms. The summed E-state index contributed by atoms with van der Waals surface area (Å²) >= 11 is 0. The molecule has 2 heterocycles. The van der Waals surface area contributed by atoms with Gasteiger partial charge < -0.3 is 14.7 Å². The van der Waals surface area contributed by atoms with Crippen LogP contribution in [0.4, 0.5) is 5.82 Å². The molecule has 1 atom stereocenters. The first-order valence-corrected chi connectivity index (χ1v) is 7.51. The van der Waals surface area contributed by atoms with Crippen LogP contribution in [0.15, 0.2) is 36.4 Å². The standard InChI is InChI=1S/C18H20N2O3/c1-18(2,17(21)22)15-11-7-5-6-8-13(11)23-16-12(15)9-10-14(19-16)20(3)4/h5-10,15H,1-4H3,(H,21,22)/t15-/m0/s1. The molecule has 2 aromatic rings. The number of para-hydroxylation sites is 1. The topological polar surface area (TPSA) is 62.7 Å². The van der Waals surface area contributed by atoms with E-state index in [1.165, 1.54) is 0 Å². The minimum absolute atomic E-state index is 0.316. The van der Waals surface area contributed by atoms with Crippen LogP contribution < -0.4 is 9.64 Å². The Bertz CT molecular complexity index is 769. The number of hydrogen-bond acceptors (Lipinski definition) is 4. The molecule has 1 aromatic heterocycles. The molecule has 1 aromatic carbocycles. The Morgan fingerprint density at radius 1 is 1.17 bits per heavy atom. The van der Waals surface area contributed by atoms with Crippen molar-refractivity contribution in [2.75, 3.05) is 19.0 Å². The summed E-state index contributed by atoms with van der Waals surface area (Å²) in [5, 5.41) is 9.72. The number of nitrogens with zero attached hydrogens (tertiary/aromatic N) is 2. The third-order valence-corrected chi connectivity index (χ3v) is 4.35. The van der Waals surface area contributed by atoms with E-state index in [0.29, 0.717) is 11.6 Å². The van der Waals surface area contributed by atoms with Gasteiger partial charge in [-0.1, -0.05) is 18.2 Å². The fourth-order valence-electron chi connectivity index (χ4n) is 2.98. The molecule has 23 heavy (non-hydrogen) atoms. The largest absolute Gasteiger partial charge is 0.481 e. The van der Waals surface area contributed by atoms with Crippen molar-refractivity contribution in [3.8, 4) is 11.6 Å². The number of carboxylic acids is 1. The Balaban J connectivity index is 2.22. The van der Waals surface area contributed by atoms with Gasteiger partial charge in [0.05, 0.1) is 5.41 Å². The molecule has 0 saturated carbocycles. The molecule has 3 rings (SSSR count). The van der Waals surface area contributed by atoms with Crippen LogP contribution in [0.3, 0.4) is 0 Å². The summed E-state index contributed by atoms with van der Waals surface area (Å²) in [6, 6.07) is 11.4. The van der Waals surface area contributed by atoms with Crippen LogP contribution in [0.25, 0.3) is 0 Å². The van der Waals surface area contributed by atoms with Gasteiger partial charge in [-0.2, -0.15) is 4.98 Å². The van der Waals surface area contributed by atoms with Crippen LogP contribution in [-0.4, -0.2) is 30.2 Å². The van der Waals surface area contributed by atoms with E-state index in [0.717, 1.165) is 16.9 Å². The number of carbonyl (C=O) groups is 1. The van der Waals surface area contributed by atoms with Gasteiger partial charge in [-0.25, -0.2) is 0 Å². The van der Waals surface area contributed by atoms with Crippen molar-refractivity contribution in [3.05, 3.63) is 47.5 Å². The van der Waals surface area contributed by atoms with Gasteiger partial charge in [0, 0.05) is 31.1 Å². The zero-order valence-electron chi connectivity index (χ0n) is 13.7. The molecule has 1 aliphatic heterocycles.